The van der Waals surface area contributed by atoms with Crippen LogP contribution in [-0.4, -0.2) is 13.9 Å². The van der Waals surface area contributed by atoms with Gasteiger partial charge in [0.1, 0.15) is 0 Å². The van der Waals surface area contributed by atoms with E-state index in [0.717, 1.165) is 0 Å². The van der Waals surface area contributed by atoms with E-state index in [1.165, 1.54) is 0 Å². The third-order valence-electron chi connectivity index (χ3n) is 0.410. The molecule has 10 heavy (non-hydrogen) atoms. The Balaban J connectivity index is 0. The molecule has 0 bridgehead atoms. The predicted molar refractivity (Wildman–Crippen MR) is 20.2 cm³/mol. The molecule has 0 atom stereocenters. The molecule has 0 unspecified atom stereocenters. The van der Waals surface area contributed by atoms with Gasteiger partial charge in [0.2, 0.25) is 0 Å². The second kappa shape index (κ2) is 3.69. The third kappa shape index (κ3) is 2.99. The second-order valence-corrected chi connectivity index (χ2v) is 2.56. The van der Waals surface area contributed by atoms with Crippen molar-refractivity contribution in [1.82, 2.24) is 0 Å². The summed E-state index contributed by atoms with van der Waals surface area (Å²) in [5.41, 5.74) is -5.43. The molecule has 0 spiro atoms. The average molecular weight is 273 g/mol. The molecule has 0 saturated carbocycles. The molecule has 1 radical (unpaired) electrons. The molecule has 0 saturated heterocycles. The van der Waals surface area contributed by atoms with E-state index in [9.17, 15) is 21.6 Å². The van der Waals surface area contributed by atoms with Gasteiger partial charge >= 0.3 is 15.6 Å². The van der Waals surface area contributed by atoms with E-state index in [4.69, 9.17) is 0 Å². The van der Waals surface area contributed by atoms with Crippen molar-refractivity contribution in [2.75, 3.05) is 0 Å². The molecule has 4 nitrogen and oxygen atoms in total. The van der Waals surface area contributed by atoms with Gasteiger partial charge in [0.25, 0.3) is 0 Å². The summed E-state index contributed by atoms with van der Waals surface area (Å²) in [4.78, 5) is 0. The Morgan fingerprint density at radius 2 is 1.60 bits per heavy atom. The van der Waals surface area contributed by atoms with Gasteiger partial charge in [-0.15, -0.1) is 0 Å². The zero-order valence-electron chi connectivity index (χ0n) is 4.15. The molecule has 0 rings (SSSR count). The van der Waals surface area contributed by atoms with E-state index in [1.54, 1.807) is 0 Å². The topological polar surface area (TPSA) is 69.4 Å². The minimum Gasteiger partial charge on any atom is -0.197 e. The van der Waals surface area contributed by atoms with Crippen LogP contribution < -0.4 is 5.90 Å². The predicted octanol–water partition coefficient (Wildman–Crippen LogP) is -0.276. The SMILES string of the molecule is NOS(=O)(=O)C(F)(F)F.[Ag]. The number of hydrogen-bond acceptors (Lipinski definition) is 4. The Morgan fingerprint density at radius 1 is 1.30 bits per heavy atom. The van der Waals surface area contributed by atoms with Crippen LogP contribution in [0.3, 0.4) is 0 Å². The molecule has 0 aromatic rings. The van der Waals surface area contributed by atoms with Gasteiger partial charge < -0.3 is 0 Å². The van der Waals surface area contributed by atoms with E-state index in [0.29, 0.717) is 0 Å². The maximum Gasteiger partial charge on any atom is 0.524 e. The van der Waals surface area contributed by atoms with Crippen molar-refractivity contribution in [3.05, 3.63) is 0 Å². The fourth-order valence-electron chi connectivity index (χ4n) is 0.0546. The Labute approximate surface area is 70.1 Å². The molecule has 0 amide bonds. The van der Waals surface area contributed by atoms with Gasteiger partial charge in [-0.1, -0.05) is 0 Å². The van der Waals surface area contributed by atoms with E-state index in [1.807, 2.05) is 0 Å². The Hall–Kier alpha value is 0.400. The Kier molecular flexibility index (Phi) is 4.81. The summed E-state index contributed by atoms with van der Waals surface area (Å²) in [6.45, 7) is 0. The van der Waals surface area contributed by atoms with Crippen LogP contribution in [0.4, 0.5) is 13.2 Å². The molecule has 0 aliphatic heterocycles. The van der Waals surface area contributed by atoms with Crippen molar-refractivity contribution in [2.24, 2.45) is 5.90 Å². The molecule has 9 heteroatoms. The molecule has 0 aliphatic carbocycles. The van der Waals surface area contributed by atoms with Crippen LogP contribution in [0, 0.1) is 0 Å². The molecule has 0 aliphatic rings. The second-order valence-electron chi connectivity index (χ2n) is 0.996. The normalized spacial score (nSPS) is 12.4. The Morgan fingerprint density at radius 3 is 1.60 bits per heavy atom. The molecular weight excluding hydrogens is 271 g/mol. The zero-order valence-corrected chi connectivity index (χ0v) is 6.44. The molecule has 0 heterocycles. The van der Waals surface area contributed by atoms with E-state index >= 15 is 0 Å². The van der Waals surface area contributed by atoms with Gasteiger partial charge in [-0.05, 0) is 0 Å². The van der Waals surface area contributed by atoms with Crippen molar-refractivity contribution >= 4 is 10.1 Å². The minimum atomic E-state index is -5.56. The first-order chi connectivity index (χ1) is 3.81. The van der Waals surface area contributed by atoms with Crippen LogP contribution in [0.15, 0.2) is 0 Å². The summed E-state index contributed by atoms with van der Waals surface area (Å²) in [5.74, 6) is 3.78. The zero-order chi connectivity index (χ0) is 7.71. The van der Waals surface area contributed by atoms with Crippen LogP contribution >= 0.6 is 0 Å². The largest absolute Gasteiger partial charge is 0.524 e. The third-order valence-corrected chi connectivity index (χ3v) is 1.23. The summed E-state index contributed by atoms with van der Waals surface area (Å²) >= 11 is 0. The summed E-state index contributed by atoms with van der Waals surface area (Å²) in [6, 6.07) is 0. The fraction of sp³-hybridized carbons (Fsp3) is 1.00. The van der Waals surface area contributed by atoms with E-state index in [2.05, 4.69) is 10.2 Å². The monoisotopic (exact) mass is 272 g/mol. The van der Waals surface area contributed by atoms with Crippen molar-refractivity contribution in [3.8, 4) is 0 Å². The summed E-state index contributed by atoms with van der Waals surface area (Å²) < 4.78 is 54.9. The number of alkyl halides is 3. The summed E-state index contributed by atoms with van der Waals surface area (Å²) in [5, 5.41) is 0. The molecule has 0 fully saturated rings. The smallest absolute Gasteiger partial charge is 0.197 e. The van der Waals surface area contributed by atoms with Crippen molar-refractivity contribution in [2.45, 2.75) is 5.51 Å². The molecule has 0 aromatic carbocycles. The van der Waals surface area contributed by atoms with E-state index < -0.39 is 15.6 Å². The molecule has 2 N–H and O–H groups in total. The van der Waals surface area contributed by atoms with Gasteiger partial charge in [0, 0.05) is 22.4 Å². The summed E-state index contributed by atoms with van der Waals surface area (Å²) in [6.07, 6.45) is 0. The first-order valence-corrected chi connectivity index (χ1v) is 2.92. The van der Waals surface area contributed by atoms with Crippen LogP contribution in [0.25, 0.3) is 0 Å². The van der Waals surface area contributed by atoms with Crippen LogP contribution in [0.1, 0.15) is 0 Å². The minimum absolute atomic E-state index is 0. The standard InChI is InChI=1S/CH2F3NO3S.Ag/c2-1(3,4)9(6,7)8-5;/h5H2;. The van der Waals surface area contributed by atoms with Gasteiger partial charge in [-0.25, -0.2) is 0 Å². The van der Waals surface area contributed by atoms with Gasteiger partial charge in [0.15, 0.2) is 0 Å². The quantitative estimate of drug-likeness (QED) is 0.405. The van der Waals surface area contributed by atoms with E-state index in [-0.39, 0.29) is 22.4 Å². The van der Waals surface area contributed by atoms with Gasteiger partial charge in [0.05, 0.1) is 0 Å². The number of halogens is 3. The van der Waals surface area contributed by atoms with Crippen molar-refractivity contribution < 1.29 is 48.3 Å². The Bertz CT molecular complexity index is 184. The number of nitrogens with two attached hydrogens (primary N) is 1. The van der Waals surface area contributed by atoms with Crippen LogP contribution in [0.5, 0.6) is 0 Å². The maximum absolute atomic E-state index is 11.0. The molecule has 67 valence electrons. The van der Waals surface area contributed by atoms with Crippen molar-refractivity contribution in [3.63, 3.8) is 0 Å². The van der Waals surface area contributed by atoms with Gasteiger partial charge in [-0.2, -0.15) is 31.8 Å². The first kappa shape index (κ1) is 13.0. The first-order valence-electron chi connectivity index (χ1n) is 1.51. The van der Waals surface area contributed by atoms with Crippen LogP contribution in [-0.2, 0) is 36.8 Å². The molecule has 0 aromatic heterocycles. The number of hydrogen-bond donors (Lipinski definition) is 1. The van der Waals surface area contributed by atoms with Gasteiger partial charge in [-0.3, -0.25) is 0 Å². The molecular formula is CH2AgF3NO3S. The maximum atomic E-state index is 11.0. The van der Waals surface area contributed by atoms with Crippen molar-refractivity contribution in [1.29, 1.82) is 0 Å². The average Bonchev–Trinajstić information content (AvgIpc) is 1.64. The summed E-state index contributed by atoms with van der Waals surface area (Å²) in [7, 11) is -5.56. The van der Waals surface area contributed by atoms with Crippen LogP contribution in [0.2, 0.25) is 0 Å². The fourth-order valence-corrected chi connectivity index (χ4v) is 0.164. The number of rotatable bonds is 1.